The first kappa shape index (κ1) is 24.6. The second-order valence-electron chi connectivity index (χ2n) is 8.13. The predicted octanol–water partition coefficient (Wildman–Crippen LogP) is 5.87. The summed E-state index contributed by atoms with van der Waals surface area (Å²) >= 11 is 6.90. The molecule has 4 rings (SSSR count). The van der Waals surface area contributed by atoms with Crippen molar-refractivity contribution in [2.45, 2.75) is 20.8 Å². The van der Waals surface area contributed by atoms with E-state index in [1.807, 2.05) is 55.7 Å². The van der Waals surface area contributed by atoms with Crippen molar-refractivity contribution < 1.29 is 24.2 Å². The lowest BCUT2D eigenvalue weighted by Crippen LogP contribution is -2.32. The molecule has 35 heavy (non-hydrogen) atoms. The average Bonchev–Trinajstić information content (AvgIpc) is 3.23. The van der Waals surface area contributed by atoms with E-state index < -0.39 is 5.97 Å². The summed E-state index contributed by atoms with van der Waals surface area (Å²) in [7, 11) is 0. The molecule has 1 saturated heterocycles. The maximum atomic E-state index is 12.9. The number of benzene rings is 2. The van der Waals surface area contributed by atoms with E-state index in [4.69, 9.17) is 16.3 Å². The van der Waals surface area contributed by atoms with Crippen molar-refractivity contribution in [2.75, 3.05) is 13.2 Å². The fourth-order valence-corrected chi connectivity index (χ4v) is 5.00. The second-order valence-corrected chi connectivity index (χ2v) is 9.53. The maximum absolute atomic E-state index is 12.9. The highest BCUT2D eigenvalue weighted by molar-refractivity contribution is 8.18. The first-order valence-corrected chi connectivity index (χ1v) is 12.0. The highest BCUT2D eigenvalue weighted by Gasteiger charge is 2.35. The van der Waals surface area contributed by atoms with Gasteiger partial charge in [-0.3, -0.25) is 14.5 Å². The van der Waals surface area contributed by atoms with Gasteiger partial charge in [0.1, 0.15) is 12.4 Å². The van der Waals surface area contributed by atoms with Gasteiger partial charge >= 0.3 is 5.97 Å². The minimum absolute atomic E-state index is 0.00668. The van der Waals surface area contributed by atoms with Crippen LogP contribution in [0.1, 0.15) is 32.9 Å². The van der Waals surface area contributed by atoms with E-state index in [0.29, 0.717) is 16.3 Å². The number of imide groups is 1. The van der Waals surface area contributed by atoms with Gasteiger partial charge in [-0.25, -0.2) is 4.79 Å². The summed E-state index contributed by atoms with van der Waals surface area (Å²) < 4.78 is 7.58. The van der Waals surface area contributed by atoms with Crippen LogP contribution in [0.5, 0.6) is 5.75 Å². The van der Waals surface area contributed by atoms with Crippen molar-refractivity contribution in [3.05, 3.63) is 86.5 Å². The predicted molar refractivity (Wildman–Crippen MR) is 137 cm³/mol. The van der Waals surface area contributed by atoms with Crippen LogP contribution in [0.15, 0.2) is 53.4 Å². The molecule has 9 heteroatoms. The summed E-state index contributed by atoms with van der Waals surface area (Å²) in [6, 6.07) is 14.2. The third-order valence-electron chi connectivity index (χ3n) is 5.64. The lowest BCUT2D eigenvalue weighted by molar-refractivity contribution is -0.123. The molecule has 7 nitrogen and oxygen atoms in total. The average molecular weight is 511 g/mol. The normalized spacial score (nSPS) is 14.7. The van der Waals surface area contributed by atoms with Gasteiger partial charge in [0.2, 0.25) is 0 Å². The quantitative estimate of drug-likeness (QED) is 0.400. The number of halogens is 1. The van der Waals surface area contributed by atoms with Crippen molar-refractivity contribution in [1.82, 2.24) is 9.47 Å². The molecule has 2 aromatic carbocycles. The van der Waals surface area contributed by atoms with E-state index in [1.165, 1.54) is 11.0 Å². The van der Waals surface area contributed by atoms with Crippen molar-refractivity contribution in [2.24, 2.45) is 0 Å². The molecular weight excluding hydrogens is 488 g/mol. The highest BCUT2D eigenvalue weighted by Crippen LogP contribution is 2.34. The molecule has 1 aromatic heterocycles. The third kappa shape index (κ3) is 5.13. The number of carbonyl (C=O) groups excluding carboxylic acids is 2. The number of hydrogen-bond donors (Lipinski definition) is 1. The molecule has 0 saturated carbocycles. The molecule has 1 N–H and O–H groups in total. The van der Waals surface area contributed by atoms with Crippen molar-refractivity contribution >= 4 is 46.6 Å². The number of aryl methyl sites for hydroxylation is 2. The summed E-state index contributed by atoms with van der Waals surface area (Å²) in [4.78, 5) is 38.4. The Morgan fingerprint density at radius 3 is 2.60 bits per heavy atom. The van der Waals surface area contributed by atoms with Gasteiger partial charge in [0.15, 0.2) is 0 Å². The van der Waals surface area contributed by atoms with Gasteiger partial charge in [-0.15, -0.1) is 0 Å². The zero-order chi connectivity index (χ0) is 25.3. The first-order chi connectivity index (χ1) is 16.7. The zero-order valence-corrected chi connectivity index (χ0v) is 20.9. The van der Waals surface area contributed by atoms with Gasteiger partial charge in [-0.2, -0.15) is 0 Å². The van der Waals surface area contributed by atoms with Crippen LogP contribution in [-0.2, 0) is 4.79 Å². The van der Waals surface area contributed by atoms with Gasteiger partial charge in [-0.1, -0.05) is 23.7 Å². The molecule has 1 aliphatic heterocycles. The molecule has 0 spiro atoms. The van der Waals surface area contributed by atoms with Gasteiger partial charge < -0.3 is 14.4 Å². The lowest BCUT2D eigenvalue weighted by Gasteiger charge is -2.13. The van der Waals surface area contributed by atoms with E-state index in [9.17, 15) is 19.5 Å². The molecule has 0 atom stereocenters. The van der Waals surface area contributed by atoms with Crippen LogP contribution < -0.4 is 4.74 Å². The number of rotatable bonds is 7. The maximum Gasteiger partial charge on any atom is 0.337 e. The Morgan fingerprint density at radius 1 is 1.11 bits per heavy atom. The number of aromatic carboxylic acids is 1. The highest BCUT2D eigenvalue weighted by atomic mass is 35.5. The van der Waals surface area contributed by atoms with Crippen molar-refractivity contribution in [3.8, 4) is 11.4 Å². The molecule has 0 unspecified atom stereocenters. The smallest absolute Gasteiger partial charge is 0.337 e. The van der Waals surface area contributed by atoms with Crippen LogP contribution in [-0.4, -0.2) is 44.8 Å². The SMILES string of the molecule is Cc1cccc(OCCN2C(=O)S/C(=C\c3cc(C)n(-c4ccc(Cl)c(C(=O)O)c4)c3C)C2=O)c1. The minimum Gasteiger partial charge on any atom is -0.492 e. The zero-order valence-electron chi connectivity index (χ0n) is 19.4. The molecule has 2 heterocycles. The summed E-state index contributed by atoms with van der Waals surface area (Å²) in [6.45, 7) is 6.06. The Labute approximate surface area is 211 Å². The van der Waals surface area contributed by atoms with E-state index in [-0.39, 0.29) is 34.9 Å². The Balaban J connectivity index is 1.53. The Bertz CT molecular complexity index is 1380. The molecule has 1 fully saturated rings. The molecule has 0 aliphatic carbocycles. The second kappa shape index (κ2) is 10.0. The van der Waals surface area contributed by atoms with Crippen LogP contribution in [0.4, 0.5) is 4.79 Å². The van der Waals surface area contributed by atoms with E-state index in [2.05, 4.69) is 0 Å². The van der Waals surface area contributed by atoms with Crippen LogP contribution in [0.2, 0.25) is 5.02 Å². The van der Waals surface area contributed by atoms with Gasteiger partial charge in [0.05, 0.1) is 22.0 Å². The number of hydrogen-bond acceptors (Lipinski definition) is 5. The number of aromatic nitrogens is 1. The molecule has 2 amide bonds. The molecule has 0 bridgehead atoms. The molecule has 3 aromatic rings. The minimum atomic E-state index is -1.11. The van der Waals surface area contributed by atoms with Crippen molar-refractivity contribution in [3.63, 3.8) is 0 Å². The Kier molecular flexibility index (Phi) is 7.05. The first-order valence-electron chi connectivity index (χ1n) is 10.8. The van der Waals surface area contributed by atoms with Gasteiger partial charge in [0, 0.05) is 17.1 Å². The Morgan fingerprint density at radius 2 is 1.89 bits per heavy atom. The van der Waals surface area contributed by atoms with Gasteiger partial charge in [-0.05, 0) is 86.1 Å². The van der Waals surface area contributed by atoms with Gasteiger partial charge in [0.25, 0.3) is 11.1 Å². The van der Waals surface area contributed by atoms with E-state index in [0.717, 1.165) is 34.3 Å². The number of amides is 2. The molecule has 180 valence electrons. The standard InChI is InChI=1S/C26H23ClN2O5S/c1-15-5-4-6-20(11-15)34-10-9-28-24(30)23(35-26(28)33)13-18-12-16(2)29(17(18)3)19-7-8-22(27)21(14-19)25(31)32/h4-8,11-14H,9-10H2,1-3H3,(H,31,32)/b23-13-. The number of nitrogens with zero attached hydrogens (tertiary/aromatic N) is 2. The monoisotopic (exact) mass is 510 g/mol. The van der Waals surface area contributed by atoms with E-state index in [1.54, 1.807) is 18.2 Å². The third-order valence-corrected chi connectivity index (χ3v) is 6.88. The fraction of sp³-hybridized carbons (Fsp3) is 0.192. The van der Waals surface area contributed by atoms with Crippen molar-refractivity contribution in [1.29, 1.82) is 0 Å². The summed E-state index contributed by atoms with van der Waals surface area (Å²) in [5, 5.41) is 9.21. The number of carboxylic acids is 1. The molecule has 1 aliphatic rings. The summed E-state index contributed by atoms with van der Waals surface area (Å²) in [6.07, 6.45) is 1.69. The Hall–Kier alpha value is -3.49. The number of ether oxygens (including phenoxy) is 1. The largest absolute Gasteiger partial charge is 0.492 e. The topological polar surface area (TPSA) is 88.8 Å². The molecular formula is C26H23ClN2O5S. The van der Waals surface area contributed by atoms with E-state index >= 15 is 0 Å². The number of carboxylic acid groups (broad SMARTS) is 1. The molecule has 0 radical (unpaired) electrons. The van der Waals surface area contributed by atoms with Crippen LogP contribution >= 0.6 is 23.4 Å². The lowest BCUT2D eigenvalue weighted by atomic mass is 10.2. The van der Waals surface area contributed by atoms with Crippen LogP contribution in [0.25, 0.3) is 11.8 Å². The number of carbonyl (C=O) groups is 3. The summed E-state index contributed by atoms with van der Waals surface area (Å²) in [5.41, 5.74) is 4.12. The fourth-order valence-electron chi connectivity index (χ4n) is 3.94. The number of thioether (sulfide) groups is 1. The van der Waals surface area contributed by atoms with Crippen LogP contribution in [0.3, 0.4) is 0 Å². The summed E-state index contributed by atoms with van der Waals surface area (Å²) in [5.74, 6) is -0.787. The van der Waals surface area contributed by atoms with Crippen LogP contribution in [0, 0.1) is 20.8 Å².